The van der Waals surface area contributed by atoms with Gasteiger partial charge in [0.2, 0.25) is 0 Å². The van der Waals surface area contributed by atoms with Gasteiger partial charge in [0, 0.05) is 11.5 Å². The molecule has 0 radical (unpaired) electrons. The fraction of sp³-hybridized carbons (Fsp3) is 0.357. The Morgan fingerprint density at radius 1 is 1.10 bits per heavy atom. The van der Waals surface area contributed by atoms with Gasteiger partial charge < -0.3 is 5.73 Å². The Kier molecular flexibility index (Phi) is 3.28. The summed E-state index contributed by atoms with van der Waals surface area (Å²) in [4.78, 5) is 0. The van der Waals surface area contributed by atoms with E-state index in [4.69, 9.17) is 5.73 Å². The largest absolute Gasteiger partial charge is 0.418 e. The van der Waals surface area contributed by atoms with Crippen molar-refractivity contribution in [2.45, 2.75) is 32.4 Å². The van der Waals surface area contributed by atoms with E-state index < -0.39 is 11.7 Å². The number of para-hydroxylation sites is 1. The second kappa shape index (κ2) is 4.54. The van der Waals surface area contributed by atoms with Gasteiger partial charge in [0.05, 0.1) is 16.9 Å². The van der Waals surface area contributed by atoms with E-state index in [2.05, 4.69) is 5.10 Å². The highest BCUT2D eigenvalue weighted by atomic mass is 19.4. The lowest BCUT2D eigenvalue weighted by Gasteiger charge is -2.15. The summed E-state index contributed by atoms with van der Waals surface area (Å²) in [5.41, 5.74) is 5.36. The number of rotatable bonds is 1. The molecule has 108 valence electrons. The van der Waals surface area contributed by atoms with Crippen LogP contribution in [0.15, 0.2) is 30.3 Å². The molecule has 0 atom stereocenters. The number of alkyl halides is 3. The molecule has 0 aliphatic heterocycles. The lowest BCUT2D eigenvalue weighted by molar-refractivity contribution is -0.137. The Labute approximate surface area is 115 Å². The molecule has 0 unspecified atom stereocenters. The van der Waals surface area contributed by atoms with Gasteiger partial charge in [-0.25, -0.2) is 4.68 Å². The standard InChI is InChI=1S/C14H16F3N3/c1-13(2,3)11-8-12(18)20(19-11)10-7-5-4-6-9(10)14(15,16)17/h4-8H,18H2,1-3H3. The predicted octanol–water partition coefficient (Wildman–Crippen LogP) is 3.77. The first kappa shape index (κ1) is 14.4. The molecule has 0 fully saturated rings. The van der Waals surface area contributed by atoms with Crippen LogP contribution in [0.3, 0.4) is 0 Å². The number of hydrogen-bond acceptors (Lipinski definition) is 2. The first-order valence-electron chi connectivity index (χ1n) is 6.13. The van der Waals surface area contributed by atoms with Crippen LogP contribution in [0, 0.1) is 0 Å². The highest BCUT2D eigenvalue weighted by Gasteiger charge is 2.34. The summed E-state index contributed by atoms with van der Waals surface area (Å²) in [5, 5.41) is 4.22. The molecule has 0 aliphatic rings. The lowest BCUT2D eigenvalue weighted by Crippen LogP contribution is -2.15. The van der Waals surface area contributed by atoms with Crippen molar-refractivity contribution in [1.29, 1.82) is 0 Å². The fourth-order valence-electron chi connectivity index (χ4n) is 1.85. The van der Waals surface area contributed by atoms with Gasteiger partial charge in [-0.3, -0.25) is 0 Å². The molecule has 1 heterocycles. The first-order chi connectivity index (χ1) is 9.10. The number of nitrogens with zero attached hydrogens (tertiary/aromatic N) is 2. The van der Waals surface area contributed by atoms with E-state index in [1.54, 1.807) is 6.07 Å². The zero-order valence-electron chi connectivity index (χ0n) is 11.5. The molecule has 6 heteroatoms. The molecule has 0 saturated carbocycles. The maximum absolute atomic E-state index is 13.0. The third-order valence-electron chi connectivity index (χ3n) is 2.94. The molecule has 0 saturated heterocycles. The minimum Gasteiger partial charge on any atom is -0.384 e. The summed E-state index contributed by atoms with van der Waals surface area (Å²) in [6.07, 6.45) is -4.45. The van der Waals surface area contributed by atoms with E-state index in [0.29, 0.717) is 5.69 Å². The first-order valence-corrected chi connectivity index (χ1v) is 6.13. The van der Waals surface area contributed by atoms with Crippen molar-refractivity contribution in [1.82, 2.24) is 9.78 Å². The van der Waals surface area contributed by atoms with Crippen molar-refractivity contribution in [3.63, 3.8) is 0 Å². The molecule has 0 spiro atoms. The zero-order chi connectivity index (χ0) is 15.1. The van der Waals surface area contributed by atoms with E-state index in [-0.39, 0.29) is 16.9 Å². The molecule has 2 rings (SSSR count). The van der Waals surface area contributed by atoms with Crippen molar-refractivity contribution >= 4 is 5.82 Å². The van der Waals surface area contributed by atoms with Gasteiger partial charge in [0.25, 0.3) is 0 Å². The molecule has 0 aliphatic carbocycles. The summed E-state index contributed by atoms with van der Waals surface area (Å²) >= 11 is 0. The number of nitrogen functional groups attached to an aromatic ring is 1. The molecule has 2 aromatic rings. The van der Waals surface area contributed by atoms with E-state index in [1.165, 1.54) is 18.2 Å². The van der Waals surface area contributed by atoms with Gasteiger partial charge in [-0.05, 0) is 12.1 Å². The second-order valence-electron chi connectivity index (χ2n) is 5.63. The van der Waals surface area contributed by atoms with Crippen LogP contribution in [-0.4, -0.2) is 9.78 Å². The third-order valence-corrected chi connectivity index (χ3v) is 2.94. The van der Waals surface area contributed by atoms with Gasteiger partial charge in [0.1, 0.15) is 5.82 Å². The average molecular weight is 283 g/mol. The van der Waals surface area contributed by atoms with E-state index in [1.807, 2.05) is 20.8 Å². The van der Waals surface area contributed by atoms with Gasteiger partial charge in [0.15, 0.2) is 0 Å². The monoisotopic (exact) mass is 283 g/mol. The van der Waals surface area contributed by atoms with Crippen molar-refractivity contribution < 1.29 is 13.2 Å². The molecule has 0 bridgehead atoms. The molecule has 1 aromatic heterocycles. The maximum Gasteiger partial charge on any atom is 0.418 e. The van der Waals surface area contributed by atoms with Crippen LogP contribution < -0.4 is 5.73 Å². The molecular formula is C14H16F3N3. The molecule has 0 amide bonds. The number of benzene rings is 1. The van der Waals surface area contributed by atoms with Crippen LogP contribution in [0.1, 0.15) is 32.0 Å². The fourth-order valence-corrected chi connectivity index (χ4v) is 1.85. The van der Waals surface area contributed by atoms with Crippen LogP contribution in [0.2, 0.25) is 0 Å². The van der Waals surface area contributed by atoms with Crippen molar-refractivity contribution in [3.05, 3.63) is 41.6 Å². The highest BCUT2D eigenvalue weighted by Crippen LogP contribution is 2.35. The van der Waals surface area contributed by atoms with E-state index in [0.717, 1.165) is 10.7 Å². The molecule has 3 nitrogen and oxygen atoms in total. The summed E-state index contributed by atoms with van der Waals surface area (Å²) in [5.74, 6) is 0.187. The number of aromatic nitrogens is 2. The Morgan fingerprint density at radius 2 is 1.70 bits per heavy atom. The summed E-state index contributed by atoms with van der Waals surface area (Å²) < 4.78 is 40.2. The van der Waals surface area contributed by atoms with Gasteiger partial charge in [-0.1, -0.05) is 32.9 Å². The molecular weight excluding hydrogens is 267 g/mol. The van der Waals surface area contributed by atoms with Crippen molar-refractivity contribution in [2.24, 2.45) is 0 Å². The van der Waals surface area contributed by atoms with Crippen molar-refractivity contribution in [3.8, 4) is 5.69 Å². The average Bonchev–Trinajstić information content (AvgIpc) is 2.70. The van der Waals surface area contributed by atoms with Crippen LogP contribution in [0.25, 0.3) is 5.69 Å². The van der Waals surface area contributed by atoms with Gasteiger partial charge in [-0.2, -0.15) is 18.3 Å². The number of nitrogens with two attached hydrogens (primary N) is 1. The Morgan fingerprint density at radius 3 is 2.20 bits per heavy atom. The number of anilines is 1. The number of hydrogen-bond donors (Lipinski definition) is 1. The normalized spacial score (nSPS) is 12.7. The van der Waals surface area contributed by atoms with Crippen LogP contribution >= 0.6 is 0 Å². The van der Waals surface area contributed by atoms with E-state index in [9.17, 15) is 13.2 Å². The highest BCUT2D eigenvalue weighted by molar-refractivity contribution is 5.49. The van der Waals surface area contributed by atoms with E-state index >= 15 is 0 Å². The minimum atomic E-state index is -4.45. The Balaban J connectivity index is 2.62. The second-order valence-corrected chi connectivity index (χ2v) is 5.63. The summed E-state index contributed by atoms with van der Waals surface area (Å²) in [6.45, 7) is 5.78. The summed E-state index contributed by atoms with van der Waals surface area (Å²) in [6, 6.07) is 6.86. The zero-order valence-corrected chi connectivity index (χ0v) is 11.5. The molecule has 1 aromatic carbocycles. The van der Waals surface area contributed by atoms with Gasteiger partial charge in [-0.15, -0.1) is 0 Å². The Bertz CT molecular complexity index is 621. The lowest BCUT2D eigenvalue weighted by atomic mass is 9.92. The minimum absolute atomic E-state index is 0.0620. The molecule has 2 N–H and O–H groups in total. The predicted molar refractivity (Wildman–Crippen MR) is 71.7 cm³/mol. The number of halogens is 3. The van der Waals surface area contributed by atoms with Gasteiger partial charge >= 0.3 is 6.18 Å². The van der Waals surface area contributed by atoms with Crippen LogP contribution in [0.4, 0.5) is 19.0 Å². The molecule has 20 heavy (non-hydrogen) atoms. The maximum atomic E-state index is 13.0. The van der Waals surface area contributed by atoms with Crippen LogP contribution in [0.5, 0.6) is 0 Å². The van der Waals surface area contributed by atoms with Crippen molar-refractivity contribution in [2.75, 3.05) is 5.73 Å². The quantitative estimate of drug-likeness (QED) is 0.865. The summed E-state index contributed by atoms with van der Waals surface area (Å²) in [7, 11) is 0. The third kappa shape index (κ3) is 2.64. The Hall–Kier alpha value is -1.98. The smallest absolute Gasteiger partial charge is 0.384 e. The SMILES string of the molecule is CC(C)(C)c1cc(N)n(-c2ccccc2C(F)(F)F)n1. The topological polar surface area (TPSA) is 43.8 Å². The van der Waals surface area contributed by atoms with Crippen LogP contribution in [-0.2, 0) is 11.6 Å².